The molecule has 0 N–H and O–H groups in total. The van der Waals surface area contributed by atoms with E-state index in [1.807, 2.05) is 18.2 Å². The molecule has 40 heavy (non-hydrogen) atoms. The predicted molar refractivity (Wildman–Crippen MR) is 159 cm³/mol. The van der Waals surface area contributed by atoms with Crippen molar-refractivity contribution in [3.8, 4) is 0 Å². The van der Waals surface area contributed by atoms with Gasteiger partial charge in [-0.1, -0.05) is 23.9 Å². The Hall–Kier alpha value is -3.50. The van der Waals surface area contributed by atoms with Crippen molar-refractivity contribution in [2.45, 2.75) is 29.1 Å². The first-order valence-corrected chi connectivity index (χ1v) is 14.6. The van der Waals surface area contributed by atoms with E-state index in [2.05, 4.69) is 46.0 Å². The quantitative estimate of drug-likeness (QED) is 0.384. The summed E-state index contributed by atoms with van der Waals surface area (Å²) in [4.78, 5) is 46.0. The summed E-state index contributed by atoms with van der Waals surface area (Å²) >= 11 is 1.73. The van der Waals surface area contributed by atoms with Crippen molar-refractivity contribution in [3.63, 3.8) is 0 Å². The standard InChI is InChI=1S/C30H37N5O4S/c1-31(20-21-12-16-34(17-13-21)27-19-28(36)33(3)30(38)32(27)2)14-7-15-35-23-8-5-6-9-25(23)40-26-11-10-22(18-24(26)35)29(37)39-4/h5-6,8-11,18-19,21H,7,12-17,20H2,1-4H3. The van der Waals surface area contributed by atoms with Crippen LogP contribution < -0.4 is 21.0 Å². The van der Waals surface area contributed by atoms with Gasteiger partial charge in [-0.15, -0.1) is 0 Å². The SMILES string of the molecule is COC(=O)c1ccc2c(c1)N(CCCN(C)CC1CCN(c3cc(=O)n(C)c(=O)n3C)CC1)c1ccccc1S2. The molecule has 2 aliphatic heterocycles. The van der Waals surface area contributed by atoms with E-state index in [-0.39, 0.29) is 17.2 Å². The number of esters is 1. The highest BCUT2D eigenvalue weighted by Gasteiger charge is 2.26. The Kier molecular flexibility index (Phi) is 8.37. The van der Waals surface area contributed by atoms with Gasteiger partial charge in [-0.2, -0.15) is 0 Å². The molecule has 1 aromatic heterocycles. The summed E-state index contributed by atoms with van der Waals surface area (Å²) in [6.07, 6.45) is 3.02. The smallest absolute Gasteiger partial charge is 0.337 e. The largest absolute Gasteiger partial charge is 0.465 e. The highest BCUT2D eigenvalue weighted by molar-refractivity contribution is 7.99. The summed E-state index contributed by atoms with van der Waals surface area (Å²) < 4.78 is 7.67. The van der Waals surface area contributed by atoms with Crippen LogP contribution in [-0.4, -0.2) is 66.9 Å². The normalized spacial score (nSPS) is 15.2. The number of fused-ring (bicyclic) bond motifs is 2. The number of ether oxygens (including phenoxy) is 1. The summed E-state index contributed by atoms with van der Waals surface area (Å²) in [6.45, 7) is 4.48. The lowest BCUT2D eigenvalue weighted by atomic mass is 9.96. The molecule has 2 aliphatic rings. The lowest BCUT2D eigenvalue weighted by molar-refractivity contribution is 0.0600. The summed E-state index contributed by atoms with van der Waals surface area (Å²) in [7, 11) is 6.83. The molecule has 3 aromatic rings. The number of carbonyl (C=O) groups excluding carboxylic acids is 1. The number of aromatic nitrogens is 2. The second kappa shape index (κ2) is 11.9. The molecule has 5 rings (SSSR count). The van der Waals surface area contributed by atoms with Gasteiger partial charge >= 0.3 is 11.7 Å². The molecule has 0 spiro atoms. The van der Waals surface area contributed by atoms with E-state index in [1.165, 1.54) is 24.7 Å². The van der Waals surface area contributed by atoms with E-state index < -0.39 is 0 Å². The van der Waals surface area contributed by atoms with Crippen molar-refractivity contribution < 1.29 is 9.53 Å². The van der Waals surface area contributed by atoms with E-state index in [0.29, 0.717) is 17.3 Å². The van der Waals surface area contributed by atoms with Crippen LogP contribution in [0.15, 0.2) is 67.9 Å². The number of hydrogen-bond acceptors (Lipinski definition) is 8. The number of carbonyl (C=O) groups is 1. The summed E-state index contributed by atoms with van der Waals surface area (Å²) in [5.41, 5.74) is 2.22. The van der Waals surface area contributed by atoms with Gasteiger partial charge in [0.2, 0.25) is 0 Å². The van der Waals surface area contributed by atoms with Crippen LogP contribution in [-0.2, 0) is 18.8 Å². The van der Waals surface area contributed by atoms with E-state index >= 15 is 0 Å². The van der Waals surface area contributed by atoms with Gasteiger partial charge < -0.3 is 19.4 Å². The maximum Gasteiger partial charge on any atom is 0.337 e. The van der Waals surface area contributed by atoms with Crippen LogP contribution in [0.25, 0.3) is 0 Å². The van der Waals surface area contributed by atoms with Crippen molar-refractivity contribution in [2.24, 2.45) is 20.0 Å². The number of methoxy groups -OCH3 is 1. The maximum absolute atomic E-state index is 12.3. The molecule has 0 aliphatic carbocycles. The lowest BCUT2D eigenvalue weighted by Gasteiger charge is -2.36. The van der Waals surface area contributed by atoms with Gasteiger partial charge in [-0.3, -0.25) is 13.9 Å². The molecular weight excluding hydrogens is 526 g/mol. The molecule has 0 bridgehead atoms. The second-order valence-electron chi connectivity index (χ2n) is 10.7. The molecule has 0 unspecified atom stereocenters. The average Bonchev–Trinajstić information content (AvgIpc) is 2.97. The van der Waals surface area contributed by atoms with E-state index in [9.17, 15) is 14.4 Å². The van der Waals surface area contributed by atoms with Gasteiger partial charge in [0.15, 0.2) is 0 Å². The third kappa shape index (κ3) is 5.69. The van der Waals surface area contributed by atoms with Crippen LogP contribution >= 0.6 is 11.8 Å². The first-order chi connectivity index (χ1) is 19.3. The molecule has 0 amide bonds. The predicted octanol–water partition coefficient (Wildman–Crippen LogP) is 3.71. The minimum absolute atomic E-state index is 0.265. The second-order valence-corrected chi connectivity index (χ2v) is 11.8. The first-order valence-electron chi connectivity index (χ1n) is 13.7. The molecule has 2 aromatic carbocycles. The zero-order chi connectivity index (χ0) is 28.4. The molecule has 212 valence electrons. The number of nitrogens with zero attached hydrogens (tertiary/aromatic N) is 5. The third-order valence-electron chi connectivity index (χ3n) is 7.98. The van der Waals surface area contributed by atoms with Gasteiger partial charge in [-0.05, 0) is 69.1 Å². The molecule has 0 saturated carbocycles. The molecule has 1 fully saturated rings. The molecule has 10 heteroatoms. The monoisotopic (exact) mass is 563 g/mol. The summed E-state index contributed by atoms with van der Waals surface area (Å²) in [6, 6.07) is 15.8. The Morgan fingerprint density at radius 3 is 2.48 bits per heavy atom. The number of para-hydroxylation sites is 1. The zero-order valence-electron chi connectivity index (χ0n) is 23.6. The van der Waals surface area contributed by atoms with E-state index in [1.54, 1.807) is 29.4 Å². The zero-order valence-corrected chi connectivity index (χ0v) is 24.4. The van der Waals surface area contributed by atoms with Crippen molar-refractivity contribution in [2.75, 3.05) is 56.7 Å². The molecule has 9 nitrogen and oxygen atoms in total. The van der Waals surface area contributed by atoms with Crippen LogP contribution in [0.1, 0.15) is 29.6 Å². The number of benzene rings is 2. The highest BCUT2D eigenvalue weighted by atomic mass is 32.2. The maximum atomic E-state index is 12.3. The highest BCUT2D eigenvalue weighted by Crippen LogP contribution is 2.48. The van der Waals surface area contributed by atoms with Crippen molar-refractivity contribution in [3.05, 3.63) is 74.9 Å². The Balaban J connectivity index is 1.18. The minimum Gasteiger partial charge on any atom is -0.465 e. The molecule has 3 heterocycles. The van der Waals surface area contributed by atoms with Crippen molar-refractivity contribution >= 4 is 34.9 Å². The van der Waals surface area contributed by atoms with Crippen LogP contribution in [0.3, 0.4) is 0 Å². The number of anilines is 3. The van der Waals surface area contributed by atoms with E-state index in [4.69, 9.17) is 4.74 Å². The van der Waals surface area contributed by atoms with Crippen LogP contribution in [0.5, 0.6) is 0 Å². The fourth-order valence-electron chi connectivity index (χ4n) is 5.72. The minimum atomic E-state index is -0.325. The van der Waals surface area contributed by atoms with Crippen LogP contribution in [0, 0.1) is 5.92 Å². The first kappa shape index (κ1) is 28.0. The molecular formula is C30H37N5O4S. The summed E-state index contributed by atoms with van der Waals surface area (Å²) in [5, 5.41) is 0. The molecule has 0 atom stereocenters. The molecule has 1 saturated heterocycles. The van der Waals surface area contributed by atoms with Crippen LogP contribution in [0.4, 0.5) is 17.2 Å². The van der Waals surface area contributed by atoms with Crippen molar-refractivity contribution in [1.82, 2.24) is 14.0 Å². The fourth-order valence-corrected chi connectivity index (χ4v) is 6.79. The van der Waals surface area contributed by atoms with Gasteiger partial charge in [0.1, 0.15) is 5.82 Å². The Bertz CT molecular complexity index is 1510. The lowest BCUT2D eigenvalue weighted by Crippen LogP contribution is -2.44. The van der Waals surface area contributed by atoms with Gasteiger partial charge in [-0.25, -0.2) is 9.59 Å². The van der Waals surface area contributed by atoms with Crippen molar-refractivity contribution in [1.29, 1.82) is 0 Å². The average molecular weight is 564 g/mol. The summed E-state index contributed by atoms with van der Waals surface area (Å²) in [5.74, 6) is 0.949. The number of rotatable bonds is 8. The van der Waals surface area contributed by atoms with Gasteiger partial charge in [0.25, 0.3) is 5.56 Å². The van der Waals surface area contributed by atoms with Crippen LogP contribution in [0.2, 0.25) is 0 Å². The Morgan fingerprint density at radius 1 is 1.00 bits per heavy atom. The third-order valence-corrected chi connectivity index (χ3v) is 9.11. The topological polar surface area (TPSA) is 80.0 Å². The van der Waals surface area contributed by atoms with Gasteiger partial charge in [0, 0.05) is 56.1 Å². The fraction of sp³-hybridized carbons (Fsp3) is 0.433. The number of hydrogen-bond donors (Lipinski definition) is 0. The number of piperidine rings is 1. The Morgan fingerprint density at radius 2 is 1.73 bits per heavy atom. The Labute approximate surface area is 239 Å². The molecule has 0 radical (unpaired) electrons. The van der Waals surface area contributed by atoms with E-state index in [0.717, 1.165) is 67.1 Å². The van der Waals surface area contributed by atoms with Gasteiger partial charge in [0.05, 0.1) is 24.0 Å².